The van der Waals surface area contributed by atoms with Crippen LogP contribution in [0.3, 0.4) is 0 Å². The molecule has 0 heterocycles. The van der Waals surface area contributed by atoms with E-state index in [0.717, 1.165) is 5.56 Å². The van der Waals surface area contributed by atoms with Gasteiger partial charge in [0.2, 0.25) is 0 Å². The largest absolute Gasteiger partial charge is 0.496 e. The topological polar surface area (TPSA) is 64.3 Å². The van der Waals surface area contributed by atoms with Crippen LogP contribution in [-0.4, -0.2) is 13.0 Å². The van der Waals surface area contributed by atoms with E-state index in [2.05, 4.69) is 5.32 Å². The number of hydrogen-bond donors (Lipinski definition) is 2. The van der Waals surface area contributed by atoms with E-state index in [9.17, 15) is 4.79 Å². The smallest absolute Gasteiger partial charge is 0.253 e. The van der Waals surface area contributed by atoms with Crippen LogP contribution < -0.4 is 15.8 Å². The van der Waals surface area contributed by atoms with E-state index in [1.54, 1.807) is 37.4 Å². The number of carbonyl (C=O) groups excluding carboxylic acids is 1. The predicted octanol–water partition coefficient (Wildman–Crippen LogP) is 3.51. The van der Waals surface area contributed by atoms with Crippen molar-refractivity contribution in [2.45, 2.75) is 6.54 Å². The number of nitrogen functional groups attached to an aromatic ring is 1. The Balaban J connectivity index is 2.12. The van der Waals surface area contributed by atoms with E-state index < -0.39 is 0 Å². The minimum absolute atomic E-state index is 0.284. The lowest BCUT2D eigenvalue weighted by atomic mass is 10.1. The SMILES string of the molecule is COc1ccc(N)cc1CNC(=O)c1ccc(Cl)cc1Cl. The van der Waals surface area contributed by atoms with Crippen LogP contribution in [-0.2, 0) is 6.54 Å². The van der Waals surface area contributed by atoms with Crippen molar-refractivity contribution in [2.75, 3.05) is 12.8 Å². The average molecular weight is 325 g/mol. The van der Waals surface area contributed by atoms with Gasteiger partial charge in [0, 0.05) is 22.8 Å². The molecule has 2 aromatic rings. The summed E-state index contributed by atoms with van der Waals surface area (Å²) in [5, 5.41) is 3.56. The molecule has 0 saturated carbocycles. The van der Waals surface area contributed by atoms with Crippen molar-refractivity contribution in [3.8, 4) is 5.75 Å². The summed E-state index contributed by atoms with van der Waals surface area (Å²) >= 11 is 11.8. The molecule has 3 N–H and O–H groups in total. The normalized spacial score (nSPS) is 10.2. The van der Waals surface area contributed by atoms with Gasteiger partial charge in [-0.2, -0.15) is 0 Å². The van der Waals surface area contributed by atoms with Gasteiger partial charge in [-0.05, 0) is 36.4 Å². The van der Waals surface area contributed by atoms with Crippen LogP contribution in [0.2, 0.25) is 10.0 Å². The highest BCUT2D eigenvalue weighted by atomic mass is 35.5. The zero-order valence-corrected chi connectivity index (χ0v) is 12.8. The molecule has 0 aliphatic rings. The minimum Gasteiger partial charge on any atom is -0.496 e. The molecule has 6 heteroatoms. The van der Waals surface area contributed by atoms with Crippen LogP contribution in [0.5, 0.6) is 5.75 Å². The number of nitrogens with one attached hydrogen (secondary N) is 1. The molecule has 2 aromatic carbocycles. The third-order valence-corrected chi connectivity index (χ3v) is 3.47. The molecule has 0 aliphatic carbocycles. The second kappa shape index (κ2) is 6.70. The summed E-state index contributed by atoms with van der Waals surface area (Å²) < 4.78 is 5.23. The second-order valence-corrected chi connectivity index (χ2v) is 5.22. The number of anilines is 1. The van der Waals surface area contributed by atoms with Crippen LogP contribution in [0.1, 0.15) is 15.9 Å². The molecule has 0 atom stereocenters. The Hall–Kier alpha value is -1.91. The lowest BCUT2D eigenvalue weighted by Crippen LogP contribution is -2.23. The number of benzene rings is 2. The fraction of sp³-hybridized carbons (Fsp3) is 0.133. The summed E-state index contributed by atoms with van der Waals surface area (Å²) in [6.07, 6.45) is 0. The number of carbonyl (C=O) groups is 1. The molecule has 0 aliphatic heterocycles. The Morgan fingerprint density at radius 3 is 2.67 bits per heavy atom. The van der Waals surface area contributed by atoms with Crippen molar-refractivity contribution >= 4 is 34.8 Å². The van der Waals surface area contributed by atoms with Gasteiger partial charge in [-0.1, -0.05) is 23.2 Å². The number of ether oxygens (including phenoxy) is 1. The van der Waals surface area contributed by atoms with Crippen LogP contribution in [0.25, 0.3) is 0 Å². The Morgan fingerprint density at radius 2 is 2.00 bits per heavy atom. The molecule has 2 rings (SSSR count). The van der Waals surface area contributed by atoms with Crippen molar-refractivity contribution in [1.29, 1.82) is 0 Å². The zero-order valence-electron chi connectivity index (χ0n) is 11.3. The Bertz CT molecular complexity index is 675. The predicted molar refractivity (Wildman–Crippen MR) is 85.0 cm³/mol. The molecule has 4 nitrogen and oxygen atoms in total. The minimum atomic E-state index is -0.291. The summed E-state index contributed by atoms with van der Waals surface area (Å²) in [4.78, 5) is 12.1. The average Bonchev–Trinajstić information content (AvgIpc) is 2.45. The third kappa shape index (κ3) is 3.80. The van der Waals surface area contributed by atoms with E-state index in [0.29, 0.717) is 27.0 Å². The monoisotopic (exact) mass is 324 g/mol. The molecule has 0 bridgehead atoms. The van der Waals surface area contributed by atoms with Gasteiger partial charge < -0.3 is 15.8 Å². The molecule has 1 amide bonds. The van der Waals surface area contributed by atoms with Crippen LogP contribution >= 0.6 is 23.2 Å². The van der Waals surface area contributed by atoms with Crippen molar-refractivity contribution < 1.29 is 9.53 Å². The van der Waals surface area contributed by atoms with E-state index >= 15 is 0 Å². The Morgan fingerprint density at radius 1 is 1.24 bits per heavy atom. The summed E-state index contributed by atoms with van der Waals surface area (Å²) in [5.74, 6) is 0.368. The standard InChI is InChI=1S/C15H14Cl2N2O2/c1-21-14-5-3-11(18)6-9(14)8-19-15(20)12-4-2-10(16)7-13(12)17/h2-7H,8,18H2,1H3,(H,19,20). The lowest BCUT2D eigenvalue weighted by Gasteiger charge is -2.11. The molecular formula is C15H14Cl2N2O2. The number of nitrogens with two attached hydrogens (primary N) is 1. The van der Waals surface area contributed by atoms with Gasteiger partial charge in [-0.25, -0.2) is 0 Å². The highest BCUT2D eigenvalue weighted by molar-refractivity contribution is 6.36. The molecule has 21 heavy (non-hydrogen) atoms. The first-order chi connectivity index (χ1) is 10.0. The number of hydrogen-bond acceptors (Lipinski definition) is 3. The van der Waals surface area contributed by atoms with Gasteiger partial charge in [0.1, 0.15) is 5.75 Å². The summed E-state index contributed by atoms with van der Waals surface area (Å²) in [6, 6.07) is 9.97. The zero-order chi connectivity index (χ0) is 15.4. The Kier molecular flexibility index (Phi) is 4.94. The summed E-state index contributed by atoms with van der Waals surface area (Å²) in [5.41, 5.74) is 7.49. The number of methoxy groups -OCH3 is 1. The maximum absolute atomic E-state index is 12.1. The van der Waals surface area contributed by atoms with Gasteiger partial charge in [-0.3, -0.25) is 4.79 Å². The second-order valence-electron chi connectivity index (χ2n) is 4.38. The van der Waals surface area contributed by atoms with Crippen molar-refractivity contribution in [3.05, 3.63) is 57.6 Å². The highest BCUT2D eigenvalue weighted by Gasteiger charge is 2.11. The molecule has 0 saturated heterocycles. The fourth-order valence-electron chi connectivity index (χ4n) is 1.88. The van der Waals surface area contributed by atoms with Crippen LogP contribution in [0.4, 0.5) is 5.69 Å². The first-order valence-electron chi connectivity index (χ1n) is 6.17. The number of amides is 1. The summed E-state index contributed by atoms with van der Waals surface area (Å²) in [6.45, 7) is 0.284. The molecule has 0 spiro atoms. The van der Waals surface area contributed by atoms with E-state index in [4.69, 9.17) is 33.7 Å². The molecule has 0 fully saturated rings. The molecule has 0 unspecified atom stereocenters. The third-order valence-electron chi connectivity index (χ3n) is 2.92. The molecule has 110 valence electrons. The fourth-order valence-corrected chi connectivity index (χ4v) is 2.38. The Labute approximate surface area is 132 Å². The van der Waals surface area contributed by atoms with E-state index in [1.807, 2.05) is 0 Å². The van der Waals surface area contributed by atoms with Gasteiger partial charge in [-0.15, -0.1) is 0 Å². The van der Waals surface area contributed by atoms with Crippen molar-refractivity contribution in [3.63, 3.8) is 0 Å². The van der Waals surface area contributed by atoms with Gasteiger partial charge in [0.15, 0.2) is 0 Å². The first-order valence-corrected chi connectivity index (χ1v) is 6.92. The lowest BCUT2D eigenvalue weighted by molar-refractivity contribution is 0.0951. The van der Waals surface area contributed by atoms with E-state index in [-0.39, 0.29) is 12.5 Å². The molecule has 0 radical (unpaired) electrons. The first kappa shape index (κ1) is 15.5. The van der Waals surface area contributed by atoms with Crippen LogP contribution in [0, 0.1) is 0 Å². The molecule has 0 aromatic heterocycles. The van der Waals surface area contributed by atoms with Gasteiger partial charge in [0.25, 0.3) is 5.91 Å². The number of halogens is 2. The van der Waals surface area contributed by atoms with Crippen LogP contribution in [0.15, 0.2) is 36.4 Å². The summed E-state index contributed by atoms with van der Waals surface area (Å²) in [7, 11) is 1.56. The highest BCUT2D eigenvalue weighted by Crippen LogP contribution is 2.23. The molecular weight excluding hydrogens is 311 g/mol. The maximum atomic E-state index is 12.1. The van der Waals surface area contributed by atoms with E-state index in [1.165, 1.54) is 6.07 Å². The number of rotatable bonds is 4. The van der Waals surface area contributed by atoms with Gasteiger partial charge in [0.05, 0.1) is 17.7 Å². The van der Waals surface area contributed by atoms with Gasteiger partial charge >= 0.3 is 0 Å². The van der Waals surface area contributed by atoms with Crippen molar-refractivity contribution in [1.82, 2.24) is 5.32 Å². The van der Waals surface area contributed by atoms with Crippen molar-refractivity contribution in [2.24, 2.45) is 0 Å². The maximum Gasteiger partial charge on any atom is 0.253 e. The quantitative estimate of drug-likeness (QED) is 0.846.